The molecule has 0 aliphatic carbocycles. The van der Waals surface area contributed by atoms with Crippen LogP contribution in [0.25, 0.3) is 0 Å². The van der Waals surface area contributed by atoms with E-state index in [1.807, 2.05) is 6.20 Å². The lowest BCUT2D eigenvalue weighted by molar-refractivity contribution is -0.119. The number of amides is 1. The van der Waals surface area contributed by atoms with Gasteiger partial charge in [-0.3, -0.25) is 9.48 Å². The summed E-state index contributed by atoms with van der Waals surface area (Å²) in [5.74, 6) is 0.723. The Hall–Kier alpha value is -1.86. The number of hydrogen-bond donors (Lipinski definition) is 2. The Morgan fingerprint density at radius 1 is 1.38 bits per heavy atom. The molecular formula is C14H19N5OS. The summed E-state index contributed by atoms with van der Waals surface area (Å²) in [5, 5.41) is 10.7. The molecule has 6 nitrogen and oxygen atoms in total. The molecule has 112 valence electrons. The van der Waals surface area contributed by atoms with Gasteiger partial charge in [-0.05, 0) is 19.1 Å². The van der Waals surface area contributed by atoms with E-state index < -0.39 is 0 Å². The molecule has 0 saturated carbocycles. The van der Waals surface area contributed by atoms with Crippen molar-refractivity contribution in [3.05, 3.63) is 41.7 Å². The van der Waals surface area contributed by atoms with E-state index in [1.54, 1.807) is 16.4 Å². The second-order valence-corrected chi connectivity index (χ2v) is 5.78. The van der Waals surface area contributed by atoms with Crippen LogP contribution in [0.1, 0.15) is 11.3 Å². The highest BCUT2D eigenvalue weighted by atomic mass is 32.2. The summed E-state index contributed by atoms with van der Waals surface area (Å²) in [4.78, 5) is 12.3. The predicted molar refractivity (Wildman–Crippen MR) is 82.8 cm³/mol. The Balaban J connectivity index is 1.75. The van der Waals surface area contributed by atoms with E-state index in [9.17, 15) is 4.79 Å². The van der Waals surface area contributed by atoms with Crippen molar-refractivity contribution >= 4 is 17.7 Å². The first-order chi connectivity index (χ1) is 10.2. The topological polar surface area (TPSA) is 85.8 Å². The normalized spacial score (nSPS) is 10.6. The third kappa shape index (κ3) is 5.20. The van der Waals surface area contributed by atoms with Crippen LogP contribution in [0.5, 0.6) is 0 Å². The summed E-state index contributed by atoms with van der Waals surface area (Å²) < 4.78 is 1.78. The molecule has 0 atom stereocenters. The molecule has 2 rings (SSSR count). The lowest BCUT2D eigenvalue weighted by atomic mass is 10.2. The lowest BCUT2D eigenvalue weighted by Crippen LogP contribution is -2.29. The molecular weight excluding hydrogens is 286 g/mol. The second-order valence-electron chi connectivity index (χ2n) is 4.62. The zero-order valence-electron chi connectivity index (χ0n) is 12.0. The third-order valence-electron chi connectivity index (χ3n) is 2.85. The number of nitrogens with one attached hydrogen (secondary N) is 1. The first-order valence-electron chi connectivity index (χ1n) is 6.72. The van der Waals surface area contributed by atoms with Crippen LogP contribution in [0.2, 0.25) is 0 Å². The molecule has 1 amide bonds. The van der Waals surface area contributed by atoms with E-state index in [0.29, 0.717) is 6.54 Å². The fourth-order valence-electron chi connectivity index (χ4n) is 1.68. The molecule has 21 heavy (non-hydrogen) atoms. The van der Waals surface area contributed by atoms with Crippen molar-refractivity contribution in [2.24, 2.45) is 5.73 Å². The number of aryl methyl sites for hydroxylation is 2. The maximum Gasteiger partial charge on any atom is 0.234 e. The molecule has 1 aromatic heterocycles. The number of carbonyl (C=O) groups excluding carboxylic acids is 1. The fourth-order valence-corrected chi connectivity index (χ4v) is 2.52. The summed E-state index contributed by atoms with van der Waals surface area (Å²) in [6.45, 7) is 3.20. The van der Waals surface area contributed by atoms with Crippen LogP contribution in [0, 0.1) is 6.92 Å². The quantitative estimate of drug-likeness (QED) is 0.744. The summed E-state index contributed by atoms with van der Waals surface area (Å²) in [7, 11) is 0. The monoisotopic (exact) mass is 305 g/mol. The molecule has 0 aliphatic heterocycles. The van der Waals surface area contributed by atoms with Crippen LogP contribution in [0.15, 0.2) is 35.4 Å². The van der Waals surface area contributed by atoms with Crippen molar-refractivity contribution in [2.45, 2.75) is 24.9 Å². The van der Waals surface area contributed by atoms with Crippen LogP contribution in [0.4, 0.5) is 0 Å². The highest BCUT2D eigenvalue weighted by molar-refractivity contribution is 7.99. The molecule has 0 fully saturated rings. The van der Waals surface area contributed by atoms with Crippen molar-refractivity contribution in [1.29, 1.82) is 0 Å². The number of carbonyl (C=O) groups is 1. The average Bonchev–Trinajstić information content (AvgIpc) is 2.95. The van der Waals surface area contributed by atoms with E-state index in [1.165, 1.54) is 10.5 Å². The highest BCUT2D eigenvalue weighted by Gasteiger charge is 2.03. The lowest BCUT2D eigenvalue weighted by Gasteiger charge is -2.02. The number of benzene rings is 1. The number of aromatic nitrogens is 3. The fraction of sp³-hybridized carbons (Fsp3) is 0.357. The van der Waals surface area contributed by atoms with Gasteiger partial charge in [-0.15, -0.1) is 16.9 Å². The molecule has 1 heterocycles. The standard InChI is InChI=1S/C14H19N5OS/c1-11-2-4-13(5-3-11)21-7-6-19-10-12(17-18-19)9-16-14(20)8-15/h2-5,10H,6-9,15H2,1H3,(H,16,20). The van der Waals surface area contributed by atoms with Gasteiger partial charge >= 0.3 is 0 Å². The SMILES string of the molecule is Cc1ccc(SCCn2cc(CNC(=O)CN)nn2)cc1. The van der Waals surface area contributed by atoms with Crippen molar-refractivity contribution in [2.75, 3.05) is 12.3 Å². The predicted octanol–water partition coefficient (Wildman–Crippen LogP) is 0.954. The Morgan fingerprint density at radius 2 is 2.14 bits per heavy atom. The van der Waals surface area contributed by atoms with Crippen LogP contribution in [-0.2, 0) is 17.9 Å². The van der Waals surface area contributed by atoms with Gasteiger partial charge < -0.3 is 11.1 Å². The van der Waals surface area contributed by atoms with Gasteiger partial charge in [0.1, 0.15) is 5.69 Å². The van der Waals surface area contributed by atoms with Crippen molar-refractivity contribution in [3.63, 3.8) is 0 Å². The van der Waals surface area contributed by atoms with Gasteiger partial charge in [-0.25, -0.2) is 0 Å². The Morgan fingerprint density at radius 3 is 2.86 bits per heavy atom. The van der Waals surface area contributed by atoms with E-state index in [4.69, 9.17) is 5.73 Å². The van der Waals surface area contributed by atoms with E-state index >= 15 is 0 Å². The maximum absolute atomic E-state index is 11.1. The summed E-state index contributed by atoms with van der Waals surface area (Å²) in [5.41, 5.74) is 7.21. The largest absolute Gasteiger partial charge is 0.349 e. The summed E-state index contributed by atoms with van der Waals surface area (Å²) in [6, 6.07) is 8.45. The Kier molecular flexibility index (Phi) is 5.77. The van der Waals surface area contributed by atoms with E-state index in [2.05, 4.69) is 46.8 Å². The minimum atomic E-state index is -0.195. The van der Waals surface area contributed by atoms with Gasteiger partial charge in [0.15, 0.2) is 0 Å². The van der Waals surface area contributed by atoms with Gasteiger partial charge in [0.2, 0.25) is 5.91 Å². The van der Waals surface area contributed by atoms with E-state index in [0.717, 1.165) is 18.0 Å². The van der Waals surface area contributed by atoms with Crippen LogP contribution in [-0.4, -0.2) is 33.2 Å². The minimum Gasteiger partial charge on any atom is -0.349 e. The number of nitrogens with two attached hydrogens (primary N) is 1. The van der Waals surface area contributed by atoms with Gasteiger partial charge in [-0.1, -0.05) is 22.9 Å². The van der Waals surface area contributed by atoms with E-state index in [-0.39, 0.29) is 12.5 Å². The molecule has 0 spiro atoms. The molecule has 0 unspecified atom stereocenters. The van der Waals surface area contributed by atoms with Gasteiger partial charge in [0, 0.05) is 10.6 Å². The zero-order chi connectivity index (χ0) is 15.1. The minimum absolute atomic E-state index is 0.0126. The highest BCUT2D eigenvalue weighted by Crippen LogP contribution is 2.18. The van der Waals surface area contributed by atoms with Gasteiger partial charge in [0.25, 0.3) is 0 Å². The molecule has 0 aliphatic rings. The molecule has 7 heteroatoms. The van der Waals surface area contributed by atoms with Crippen LogP contribution >= 0.6 is 11.8 Å². The molecule has 0 radical (unpaired) electrons. The number of hydrogen-bond acceptors (Lipinski definition) is 5. The molecule has 3 N–H and O–H groups in total. The van der Waals surface area contributed by atoms with Gasteiger partial charge in [-0.2, -0.15) is 0 Å². The van der Waals surface area contributed by atoms with Crippen LogP contribution in [0.3, 0.4) is 0 Å². The van der Waals surface area contributed by atoms with Gasteiger partial charge in [0.05, 0.1) is 25.8 Å². The second kappa shape index (κ2) is 7.80. The summed E-state index contributed by atoms with van der Waals surface area (Å²) in [6.07, 6.45) is 1.84. The summed E-state index contributed by atoms with van der Waals surface area (Å²) >= 11 is 1.78. The molecule has 0 bridgehead atoms. The molecule has 1 aromatic carbocycles. The smallest absolute Gasteiger partial charge is 0.234 e. The Bertz CT molecular complexity index is 581. The van der Waals surface area contributed by atoms with Crippen molar-refractivity contribution in [3.8, 4) is 0 Å². The number of nitrogens with zero attached hydrogens (tertiary/aromatic N) is 3. The maximum atomic E-state index is 11.1. The molecule has 2 aromatic rings. The Labute approximate surface area is 128 Å². The van der Waals surface area contributed by atoms with Crippen molar-refractivity contribution < 1.29 is 4.79 Å². The first-order valence-corrected chi connectivity index (χ1v) is 7.71. The first kappa shape index (κ1) is 15.5. The molecule has 0 saturated heterocycles. The van der Waals surface area contributed by atoms with Crippen LogP contribution < -0.4 is 11.1 Å². The number of thioether (sulfide) groups is 1. The third-order valence-corrected chi connectivity index (χ3v) is 3.84. The zero-order valence-corrected chi connectivity index (χ0v) is 12.8. The van der Waals surface area contributed by atoms with Crippen molar-refractivity contribution in [1.82, 2.24) is 20.3 Å². The average molecular weight is 305 g/mol. The number of rotatable bonds is 7.